The van der Waals surface area contributed by atoms with Crippen LogP contribution >= 0.6 is 0 Å². The molecule has 162 valence electrons. The molecule has 5 N–H and O–H groups in total. The standard InChI is InChI=1S/C20H22N6O4S/c1-3-30-20(27)15-6-4-5-7-16(15)24-18-17(21)19(23-12-22-18)25-26-31(28,29)14-10-8-13(2)9-11-14/h4-12,26H,3,21H2,1-2H3,(H2,22,23,24,25). The summed E-state index contributed by atoms with van der Waals surface area (Å²) < 4.78 is 30.0. The number of anilines is 4. The lowest BCUT2D eigenvalue weighted by atomic mass is 10.2. The number of hydrogen-bond donors (Lipinski definition) is 4. The summed E-state index contributed by atoms with van der Waals surface area (Å²) in [6, 6.07) is 13.1. The highest BCUT2D eigenvalue weighted by Crippen LogP contribution is 2.27. The molecule has 1 aromatic heterocycles. The summed E-state index contributed by atoms with van der Waals surface area (Å²) in [7, 11) is -3.85. The minimum absolute atomic E-state index is 0.0433. The Morgan fingerprint density at radius 2 is 1.74 bits per heavy atom. The number of carbonyl (C=O) groups excluding carboxylic acids is 1. The summed E-state index contributed by atoms with van der Waals surface area (Å²) in [6.45, 7) is 3.81. The van der Waals surface area contributed by atoms with E-state index in [1.54, 1.807) is 43.3 Å². The molecule has 0 spiro atoms. The quantitative estimate of drug-likeness (QED) is 0.305. The predicted octanol–water partition coefficient (Wildman–Crippen LogP) is 2.59. The molecule has 0 aliphatic heterocycles. The van der Waals surface area contributed by atoms with E-state index in [2.05, 4.69) is 25.5 Å². The number of nitrogen functional groups attached to an aromatic ring is 1. The molecule has 0 atom stereocenters. The zero-order valence-corrected chi connectivity index (χ0v) is 17.7. The van der Waals surface area contributed by atoms with Gasteiger partial charge in [0.15, 0.2) is 11.6 Å². The third-order valence-corrected chi connectivity index (χ3v) is 5.46. The van der Waals surface area contributed by atoms with Crippen LogP contribution in [0.4, 0.5) is 23.0 Å². The summed E-state index contributed by atoms with van der Waals surface area (Å²) in [6.07, 6.45) is 1.20. The number of aromatic nitrogens is 2. The van der Waals surface area contributed by atoms with E-state index in [-0.39, 0.29) is 28.8 Å². The number of para-hydroxylation sites is 1. The van der Waals surface area contributed by atoms with Gasteiger partial charge in [-0.25, -0.2) is 23.2 Å². The van der Waals surface area contributed by atoms with Gasteiger partial charge in [0.25, 0.3) is 10.0 Å². The maximum absolute atomic E-state index is 12.5. The van der Waals surface area contributed by atoms with Crippen molar-refractivity contribution in [3.63, 3.8) is 0 Å². The Labute approximate surface area is 179 Å². The van der Waals surface area contributed by atoms with Crippen LogP contribution in [0.25, 0.3) is 0 Å². The van der Waals surface area contributed by atoms with Gasteiger partial charge < -0.3 is 15.8 Å². The molecule has 31 heavy (non-hydrogen) atoms. The minimum atomic E-state index is -3.85. The van der Waals surface area contributed by atoms with Crippen molar-refractivity contribution in [2.75, 3.05) is 23.1 Å². The van der Waals surface area contributed by atoms with Crippen molar-refractivity contribution in [1.29, 1.82) is 0 Å². The van der Waals surface area contributed by atoms with E-state index in [1.165, 1.54) is 18.5 Å². The van der Waals surface area contributed by atoms with Crippen molar-refractivity contribution in [2.45, 2.75) is 18.7 Å². The van der Waals surface area contributed by atoms with Gasteiger partial charge in [0.1, 0.15) is 12.0 Å². The van der Waals surface area contributed by atoms with Crippen LogP contribution in [-0.4, -0.2) is 31.0 Å². The lowest BCUT2D eigenvalue weighted by molar-refractivity contribution is 0.0527. The summed E-state index contributed by atoms with van der Waals surface area (Å²) in [4.78, 5) is 22.5. The second kappa shape index (κ2) is 9.41. The van der Waals surface area contributed by atoms with Gasteiger partial charge in [-0.1, -0.05) is 29.8 Å². The van der Waals surface area contributed by atoms with Crippen LogP contribution in [0.3, 0.4) is 0 Å². The molecular formula is C20H22N6O4S. The Kier molecular flexibility index (Phi) is 6.68. The zero-order chi connectivity index (χ0) is 22.4. The molecule has 1 heterocycles. The minimum Gasteiger partial charge on any atom is -0.462 e. The van der Waals surface area contributed by atoms with Gasteiger partial charge in [-0.2, -0.15) is 0 Å². The molecule has 0 saturated carbocycles. The number of carbonyl (C=O) groups is 1. The summed E-state index contributed by atoms with van der Waals surface area (Å²) in [5.74, 6) is -0.270. The largest absolute Gasteiger partial charge is 0.462 e. The molecule has 0 bridgehead atoms. The Hall–Kier alpha value is -3.70. The molecule has 0 saturated heterocycles. The van der Waals surface area contributed by atoms with Crippen molar-refractivity contribution >= 4 is 39.0 Å². The number of esters is 1. The third kappa shape index (κ3) is 5.27. The van der Waals surface area contributed by atoms with Gasteiger partial charge in [-0.3, -0.25) is 5.43 Å². The number of benzene rings is 2. The second-order valence-corrected chi connectivity index (χ2v) is 8.10. The van der Waals surface area contributed by atoms with Crippen molar-refractivity contribution in [1.82, 2.24) is 14.8 Å². The van der Waals surface area contributed by atoms with Gasteiger partial charge >= 0.3 is 5.97 Å². The SMILES string of the molecule is CCOC(=O)c1ccccc1Nc1ncnc(NNS(=O)(=O)c2ccc(C)cc2)c1N. The fourth-order valence-corrected chi connectivity index (χ4v) is 3.44. The molecule has 3 rings (SSSR count). The van der Waals surface area contributed by atoms with E-state index in [4.69, 9.17) is 10.5 Å². The van der Waals surface area contributed by atoms with Crippen LogP contribution in [0.2, 0.25) is 0 Å². The molecule has 3 aromatic rings. The highest BCUT2D eigenvalue weighted by Gasteiger charge is 2.17. The predicted molar refractivity (Wildman–Crippen MR) is 117 cm³/mol. The van der Waals surface area contributed by atoms with Crippen molar-refractivity contribution in [2.24, 2.45) is 0 Å². The maximum atomic E-state index is 12.5. The average molecular weight is 443 g/mol. The Morgan fingerprint density at radius 1 is 1.06 bits per heavy atom. The topological polar surface area (TPSA) is 148 Å². The Bertz CT molecular complexity index is 1180. The van der Waals surface area contributed by atoms with E-state index >= 15 is 0 Å². The van der Waals surface area contributed by atoms with Gasteiger partial charge in [0, 0.05) is 0 Å². The van der Waals surface area contributed by atoms with Crippen LogP contribution in [0.5, 0.6) is 0 Å². The van der Waals surface area contributed by atoms with Gasteiger partial charge in [0.05, 0.1) is 22.8 Å². The van der Waals surface area contributed by atoms with Crippen LogP contribution in [0.1, 0.15) is 22.8 Å². The molecule has 2 aromatic carbocycles. The molecule has 0 amide bonds. The molecular weight excluding hydrogens is 420 g/mol. The summed E-state index contributed by atoms with van der Waals surface area (Å²) in [5.41, 5.74) is 10.3. The molecule has 0 aliphatic carbocycles. The highest BCUT2D eigenvalue weighted by atomic mass is 32.2. The monoisotopic (exact) mass is 442 g/mol. The first-order chi connectivity index (χ1) is 14.8. The van der Waals surface area contributed by atoms with E-state index < -0.39 is 16.0 Å². The van der Waals surface area contributed by atoms with E-state index in [9.17, 15) is 13.2 Å². The zero-order valence-electron chi connectivity index (χ0n) is 16.9. The Balaban J connectivity index is 1.80. The number of sulfonamides is 1. The van der Waals surface area contributed by atoms with Crippen LogP contribution in [0.15, 0.2) is 59.8 Å². The smallest absolute Gasteiger partial charge is 0.340 e. The lowest BCUT2D eigenvalue weighted by Gasteiger charge is -2.15. The normalized spacial score (nSPS) is 11.0. The molecule has 11 heteroatoms. The number of nitrogens with one attached hydrogen (secondary N) is 3. The first-order valence-corrected chi connectivity index (χ1v) is 10.8. The molecule has 10 nitrogen and oxygen atoms in total. The van der Waals surface area contributed by atoms with E-state index in [0.717, 1.165) is 5.56 Å². The Morgan fingerprint density at radius 3 is 2.45 bits per heavy atom. The van der Waals surface area contributed by atoms with E-state index in [1.807, 2.05) is 6.92 Å². The highest BCUT2D eigenvalue weighted by molar-refractivity contribution is 7.89. The number of hydrogen-bond acceptors (Lipinski definition) is 9. The van der Waals surface area contributed by atoms with E-state index in [0.29, 0.717) is 11.3 Å². The van der Waals surface area contributed by atoms with Crippen molar-refractivity contribution < 1.29 is 17.9 Å². The van der Waals surface area contributed by atoms with Crippen LogP contribution in [-0.2, 0) is 14.8 Å². The van der Waals surface area contributed by atoms with Crippen LogP contribution in [0, 0.1) is 6.92 Å². The molecule has 0 radical (unpaired) electrons. The number of nitrogens with zero attached hydrogens (tertiary/aromatic N) is 2. The summed E-state index contributed by atoms with van der Waals surface area (Å²) in [5, 5.41) is 2.96. The molecule has 0 fully saturated rings. The maximum Gasteiger partial charge on any atom is 0.340 e. The molecule has 0 aliphatic rings. The fourth-order valence-electron chi connectivity index (χ4n) is 2.59. The van der Waals surface area contributed by atoms with Gasteiger partial charge in [0.2, 0.25) is 0 Å². The number of aryl methyl sites for hydroxylation is 1. The van der Waals surface area contributed by atoms with Gasteiger partial charge in [-0.05, 0) is 38.1 Å². The number of hydrazine groups is 1. The first-order valence-electron chi connectivity index (χ1n) is 9.30. The first kappa shape index (κ1) is 22.0. The van der Waals surface area contributed by atoms with Crippen molar-refractivity contribution in [3.05, 3.63) is 66.0 Å². The summed E-state index contributed by atoms with van der Waals surface area (Å²) >= 11 is 0. The average Bonchev–Trinajstić information content (AvgIpc) is 2.75. The molecule has 0 unspecified atom stereocenters. The van der Waals surface area contributed by atoms with Gasteiger partial charge in [-0.15, -0.1) is 4.83 Å². The van der Waals surface area contributed by atoms with Crippen LogP contribution < -0.4 is 21.3 Å². The second-order valence-electron chi connectivity index (χ2n) is 6.42. The lowest BCUT2D eigenvalue weighted by Crippen LogP contribution is -2.30. The number of ether oxygens (including phenoxy) is 1. The van der Waals surface area contributed by atoms with Crippen molar-refractivity contribution in [3.8, 4) is 0 Å². The number of nitrogens with two attached hydrogens (primary N) is 1. The third-order valence-electron chi connectivity index (χ3n) is 4.19. The number of rotatable bonds is 8. The fraction of sp³-hybridized carbons (Fsp3) is 0.150.